The molecule has 0 fully saturated rings. The van der Waals surface area contributed by atoms with Gasteiger partial charge in [-0.25, -0.2) is 9.78 Å². The van der Waals surface area contributed by atoms with Gasteiger partial charge in [0.1, 0.15) is 5.82 Å². The van der Waals surface area contributed by atoms with Crippen LogP contribution in [0.15, 0.2) is 66.9 Å². The molecule has 1 heterocycles. The van der Waals surface area contributed by atoms with Crippen molar-refractivity contribution in [2.45, 2.75) is 0 Å². The van der Waals surface area contributed by atoms with Gasteiger partial charge in [0.05, 0.1) is 24.6 Å². The number of hydrogen-bond acceptors (Lipinski definition) is 5. The maximum Gasteiger partial charge on any atom is 0.337 e. The highest BCUT2D eigenvalue weighted by molar-refractivity contribution is 6.30. The Kier molecular flexibility index (Phi) is 5.68. The Labute approximate surface area is 161 Å². The summed E-state index contributed by atoms with van der Waals surface area (Å²) in [6, 6.07) is 17.0. The van der Waals surface area contributed by atoms with Gasteiger partial charge in [-0.15, -0.1) is 0 Å². The Morgan fingerprint density at radius 1 is 0.889 bits per heavy atom. The number of esters is 1. The number of rotatable bonds is 5. The van der Waals surface area contributed by atoms with Crippen LogP contribution in [0.4, 0.5) is 17.2 Å². The van der Waals surface area contributed by atoms with Crippen molar-refractivity contribution in [2.75, 3.05) is 17.7 Å². The van der Waals surface area contributed by atoms with E-state index in [4.69, 9.17) is 11.6 Å². The van der Waals surface area contributed by atoms with Crippen molar-refractivity contribution in [3.63, 3.8) is 0 Å². The predicted molar refractivity (Wildman–Crippen MR) is 105 cm³/mol. The molecule has 0 saturated heterocycles. The van der Waals surface area contributed by atoms with Crippen LogP contribution in [0.3, 0.4) is 0 Å². The van der Waals surface area contributed by atoms with Crippen molar-refractivity contribution in [1.29, 1.82) is 0 Å². The van der Waals surface area contributed by atoms with Gasteiger partial charge in [-0.1, -0.05) is 11.6 Å². The first kappa shape index (κ1) is 18.4. The van der Waals surface area contributed by atoms with Crippen molar-refractivity contribution in [3.05, 3.63) is 83.0 Å². The summed E-state index contributed by atoms with van der Waals surface area (Å²) in [6.45, 7) is 0. The molecule has 1 amide bonds. The van der Waals surface area contributed by atoms with E-state index < -0.39 is 0 Å². The zero-order chi connectivity index (χ0) is 19.2. The van der Waals surface area contributed by atoms with E-state index in [0.29, 0.717) is 22.0 Å². The summed E-state index contributed by atoms with van der Waals surface area (Å²) in [5.41, 5.74) is 2.50. The average Bonchev–Trinajstić information content (AvgIpc) is 2.70. The number of carbonyl (C=O) groups excluding carboxylic acids is 2. The van der Waals surface area contributed by atoms with E-state index in [2.05, 4.69) is 20.4 Å². The van der Waals surface area contributed by atoms with E-state index in [1.54, 1.807) is 66.9 Å². The first-order valence-electron chi connectivity index (χ1n) is 8.03. The fraction of sp³-hybridized carbons (Fsp3) is 0.0500. The molecule has 0 saturated carbocycles. The first-order valence-corrected chi connectivity index (χ1v) is 8.41. The smallest absolute Gasteiger partial charge is 0.337 e. The van der Waals surface area contributed by atoms with Gasteiger partial charge in [0.25, 0.3) is 5.91 Å². The summed E-state index contributed by atoms with van der Waals surface area (Å²) in [4.78, 5) is 27.8. The normalized spacial score (nSPS) is 10.1. The Morgan fingerprint density at radius 3 is 2.11 bits per heavy atom. The standard InChI is InChI=1S/C20H16ClN3O3/c1-27-20(26)14-4-8-16(9-5-14)23-17-10-11-18(22-12-17)24-19(25)13-2-6-15(21)7-3-13/h2-12,23H,1H3,(H,22,24,25). The zero-order valence-corrected chi connectivity index (χ0v) is 15.2. The topological polar surface area (TPSA) is 80.3 Å². The first-order chi connectivity index (χ1) is 13.0. The number of halogens is 1. The largest absolute Gasteiger partial charge is 0.465 e. The zero-order valence-electron chi connectivity index (χ0n) is 14.4. The molecule has 0 unspecified atom stereocenters. The van der Waals surface area contributed by atoms with Crippen LogP contribution in [0.2, 0.25) is 5.02 Å². The molecule has 0 aliphatic heterocycles. The number of nitrogens with one attached hydrogen (secondary N) is 2. The molecule has 3 aromatic rings. The van der Waals surface area contributed by atoms with Crippen molar-refractivity contribution in [2.24, 2.45) is 0 Å². The average molecular weight is 382 g/mol. The second kappa shape index (κ2) is 8.33. The van der Waals surface area contributed by atoms with Crippen molar-refractivity contribution in [1.82, 2.24) is 4.98 Å². The highest BCUT2D eigenvalue weighted by atomic mass is 35.5. The Bertz CT molecular complexity index is 940. The number of pyridine rings is 1. The van der Waals surface area contributed by atoms with Gasteiger partial charge < -0.3 is 15.4 Å². The van der Waals surface area contributed by atoms with Crippen molar-refractivity contribution in [3.8, 4) is 0 Å². The third-order valence-electron chi connectivity index (χ3n) is 3.71. The van der Waals surface area contributed by atoms with Crippen LogP contribution in [-0.4, -0.2) is 24.0 Å². The molecule has 7 heteroatoms. The van der Waals surface area contributed by atoms with Gasteiger partial charge in [-0.3, -0.25) is 4.79 Å². The van der Waals surface area contributed by atoms with Crippen LogP contribution in [0, 0.1) is 0 Å². The minimum absolute atomic E-state index is 0.265. The minimum atomic E-state index is -0.385. The second-order valence-electron chi connectivity index (χ2n) is 5.59. The molecule has 0 aliphatic rings. The lowest BCUT2D eigenvalue weighted by Crippen LogP contribution is -2.12. The molecule has 0 bridgehead atoms. The minimum Gasteiger partial charge on any atom is -0.465 e. The molecule has 3 rings (SSSR count). The van der Waals surface area contributed by atoms with Crippen LogP contribution in [0.25, 0.3) is 0 Å². The molecule has 2 N–H and O–H groups in total. The molecule has 0 radical (unpaired) electrons. The number of anilines is 3. The van der Waals surface area contributed by atoms with E-state index in [-0.39, 0.29) is 11.9 Å². The summed E-state index contributed by atoms with van der Waals surface area (Å²) in [5.74, 6) is -0.219. The van der Waals surface area contributed by atoms with Gasteiger partial charge in [0.2, 0.25) is 0 Å². The van der Waals surface area contributed by atoms with E-state index in [1.807, 2.05) is 0 Å². The van der Waals surface area contributed by atoms with Crippen LogP contribution in [-0.2, 0) is 4.74 Å². The van der Waals surface area contributed by atoms with Gasteiger partial charge in [0, 0.05) is 16.3 Å². The molecule has 6 nitrogen and oxygen atoms in total. The third-order valence-corrected chi connectivity index (χ3v) is 3.96. The molecule has 1 aromatic heterocycles. The van der Waals surface area contributed by atoms with Crippen LogP contribution >= 0.6 is 11.6 Å². The highest BCUT2D eigenvalue weighted by Gasteiger charge is 2.07. The highest BCUT2D eigenvalue weighted by Crippen LogP contribution is 2.18. The molecular weight excluding hydrogens is 366 g/mol. The summed E-state index contributed by atoms with van der Waals surface area (Å²) < 4.78 is 4.67. The van der Waals surface area contributed by atoms with Crippen LogP contribution in [0.1, 0.15) is 20.7 Å². The van der Waals surface area contributed by atoms with E-state index in [0.717, 1.165) is 11.4 Å². The number of amides is 1. The predicted octanol–water partition coefficient (Wildman–Crippen LogP) is 4.52. The summed E-state index contributed by atoms with van der Waals surface area (Å²) in [7, 11) is 1.34. The van der Waals surface area contributed by atoms with E-state index in [9.17, 15) is 9.59 Å². The lowest BCUT2D eigenvalue weighted by Gasteiger charge is -2.09. The molecule has 27 heavy (non-hydrogen) atoms. The molecule has 2 aromatic carbocycles. The molecule has 136 valence electrons. The fourth-order valence-corrected chi connectivity index (χ4v) is 2.43. The quantitative estimate of drug-likeness (QED) is 0.635. The summed E-state index contributed by atoms with van der Waals surface area (Å²) >= 11 is 5.82. The lowest BCUT2D eigenvalue weighted by atomic mass is 10.2. The Hall–Kier alpha value is -3.38. The maximum atomic E-state index is 12.2. The van der Waals surface area contributed by atoms with Crippen molar-refractivity contribution >= 4 is 40.7 Å². The number of aromatic nitrogens is 1. The number of nitrogens with zero attached hydrogens (tertiary/aromatic N) is 1. The van der Waals surface area contributed by atoms with Crippen LogP contribution < -0.4 is 10.6 Å². The SMILES string of the molecule is COC(=O)c1ccc(Nc2ccc(NC(=O)c3ccc(Cl)cc3)nc2)cc1. The van der Waals surface area contributed by atoms with Crippen molar-refractivity contribution < 1.29 is 14.3 Å². The van der Waals surface area contributed by atoms with Crippen LogP contribution in [0.5, 0.6) is 0 Å². The van der Waals surface area contributed by atoms with Gasteiger partial charge in [0.15, 0.2) is 0 Å². The fourth-order valence-electron chi connectivity index (χ4n) is 2.31. The van der Waals surface area contributed by atoms with E-state index >= 15 is 0 Å². The number of benzene rings is 2. The monoisotopic (exact) mass is 381 g/mol. The maximum absolute atomic E-state index is 12.2. The molecular formula is C20H16ClN3O3. The van der Waals surface area contributed by atoms with E-state index in [1.165, 1.54) is 7.11 Å². The second-order valence-corrected chi connectivity index (χ2v) is 6.02. The Morgan fingerprint density at radius 2 is 1.52 bits per heavy atom. The van der Waals surface area contributed by atoms with Gasteiger partial charge >= 0.3 is 5.97 Å². The Balaban J connectivity index is 1.62. The lowest BCUT2D eigenvalue weighted by molar-refractivity contribution is 0.0600. The summed E-state index contributed by atoms with van der Waals surface area (Å²) in [5, 5.41) is 6.46. The number of methoxy groups -OCH3 is 1. The van der Waals surface area contributed by atoms with Gasteiger partial charge in [-0.2, -0.15) is 0 Å². The number of ether oxygens (including phenoxy) is 1. The number of carbonyl (C=O) groups is 2. The number of hydrogen-bond donors (Lipinski definition) is 2. The molecule has 0 aliphatic carbocycles. The summed E-state index contributed by atoms with van der Waals surface area (Å²) in [6.07, 6.45) is 1.60. The third kappa shape index (κ3) is 4.83. The molecule has 0 atom stereocenters. The van der Waals surface area contributed by atoms with Gasteiger partial charge in [-0.05, 0) is 60.7 Å². The molecule has 0 spiro atoms.